The van der Waals surface area contributed by atoms with E-state index in [9.17, 15) is 10.1 Å². The average Bonchev–Trinajstić information content (AvgIpc) is 3.08. The topological polar surface area (TPSA) is 98.2 Å². The first-order valence-electron chi connectivity index (χ1n) is 7.70. The van der Waals surface area contributed by atoms with Crippen molar-refractivity contribution in [1.29, 1.82) is 0 Å². The van der Waals surface area contributed by atoms with Gasteiger partial charge >= 0.3 is 0 Å². The fourth-order valence-electron chi connectivity index (χ4n) is 2.86. The van der Waals surface area contributed by atoms with E-state index >= 15 is 0 Å². The van der Waals surface area contributed by atoms with Crippen molar-refractivity contribution in [2.75, 3.05) is 5.32 Å². The van der Waals surface area contributed by atoms with Crippen molar-refractivity contribution in [2.45, 2.75) is 13.5 Å². The smallest absolute Gasteiger partial charge is 0.295 e. The van der Waals surface area contributed by atoms with Crippen LogP contribution in [-0.2, 0) is 6.54 Å². The number of benzene rings is 1. The number of nitrogens with zero attached hydrogens (tertiary/aromatic N) is 5. The molecule has 25 heavy (non-hydrogen) atoms. The van der Waals surface area contributed by atoms with E-state index in [1.54, 1.807) is 23.0 Å². The number of para-hydroxylation sites is 1. The van der Waals surface area contributed by atoms with E-state index in [-0.39, 0.29) is 5.69 Å². The van der Waals surface area contributed by atoms with Gasteiger partial charge in [0.05, 0.1) is 23.4 Å². The fraction of sp³-hybridized carbons (Fsp3) is 0.118. The minimum Gasteiger partial charge on any atom is -0.379 e. The SMILES string of the molecule is Cc1cc(NCc2ccnc3ccnn23)c2cccc([N+](=O)[O-])c2n1. The normalized spacial score (nSPS) is 11.1. The summed E-state index contributed by atoms with van der Waals surface area (Å²) in [7, 11) is 0. The number of hydrogen-bond acceptors (Lipinski definition) is 6. The van der Waals surface area contributed by atoms with Gasteiger partial charge in [-0.2, -0.15) is 5.10 Å². The first-order chi connectivity index (χ1) is 12.1. The Hall–Kier alpha value is -3.55. The van der Waals surface area contributed by atoms with E-state index < -0.39 is 4.92 Å². The summed E-state index contributed by atoms with van der Waals surface area (Å²) in [5.41, 5.74) is 3.59. The van der Waals surface area contributed by atoms with Crippen LogP contribution in [-0.4, -0.2) is 24.5 Å². The van der Waals surface area contributed by atoms with E-state index in [1.165, 1.54) is 6.07 Å². The molecular weight excluding hydrogens is 320 g/mol. The van der Waals surface area contributed by atoms with Crippen LogP contribution >= 0.6 is 0 Å². The number of hydrogen-bond donors (Lipinski definition) is 1. The molecule has 0 unspecified atom stereocenters. The number of non-ortho nitro benzene ring substituents is 1. The second-order valence-corrected chi connectivity index (χ2v) is 5.63. The monoisotopic (exact) mass is 334 g/mol. The molecule has 3 aromatic heterocycles. The van der Waals surface area contributed by atoms with Crippen molar-refractivity contribution in [3.8, 4) is 0 Å². The lowest BCUT2D eigenvalue weighted by atomic mass is 10.1. The molecular formula is C17H14N6O2. The van der Waals surface area contributed by atoms with Gasteiger partial charge in [-0.1, -0.05) is 12.1 Å². The number of pyridine rings is 1. The zero-order valence-corrected chi connectivity index (χ0v) is 13.4. The van der Waals surface area contributed by atoms with Gasteiger partial charge in [0, 0.05) is 35.1 Å². The molecule has 0 fully saturated rings. The Labute approximate surface area is 142 Å². The summed E-state index contributed by atoms with van der Waals surface area (Å²) in [6, 6.07) is 10.6. The molecule has 0 amide bonds. The predicted molar refractivity (Wildman–Crippen MR) is 93.4 cm³/mol. The zero-order chi connectivity index (χ0) is 17.4. The molecule has 1 aromatic carbocycles. The highest BCUT2D eigenvalue weighted by atomic mass is 16.6. The van der Waals surface area contributed by atoms with Crippen LogP contribution in [0.3, 0.4) is 0 Å². The van der Waals surface area contributed by atoms with E-state index in [1.807, 2.05) is 31.2 Å². The van der Waals surface area contributed by atoms with E-state index in [0.29, 0.717) is 23.1 Å². The van der Waals surface area contributed by atoms with Crippen LogP contribution in [0.2, 0.25) is 0 Å². The summed E-state index contributed by atoms with van der Waals surface area (Å²) in [4.78, 5) is 19.4. The summed E-state index contributed by atoms with van der Waals surface area (Å²) in [5, 5.41) is 19.6. The van der Waals surface area contributed by atoms with Crippen LogP contribution in [0.25, 0.3) is 16.6 Å². The molecule has 8 nitrogen and oxygen atoms in total. The lowest BCUT2D eigenvalue weighted by Crippen LogP contribution is -2.07. The van der Waals surface area contributed by atoms with Crippen molar-refractivity contribution in [3.63, 3.8) is 0 Å². The highest BCUT2D eigenvalue weighted by Crippen LogP contribution is 2.30. The summed E-state index contributed by atoms with van der Waals surface area (Å²) in [6.07, 6.45) is 3.43. The molecule has 0 aliphatic heterocycles. The lowest BCUT2D eigenvalue weighted by Gasteiger charge is -2.11. The standard InChI is InChI=1S/C17H14N6O2/c1-11-9-14(13-3-2-4-15(23(24)25)17(13)21-11)19-10-12-5-7-18-16-6-8-20-22(12)16/h2-9H,10H2,1H3,(H,19,21). The van der Waals surface area contributed by atoms with Gasteiger partial charge in [-0.3, -0.25) is 10.1 Å². The lowest BCUT2D eigenvalue weighted by molar-refractivity contribution is -0.383. The van der Waals surface area contributed by atoms with E-state index in [0.717, 1.165) is 17.0 Å². The van der Waals surface area contributed by atoms with Crippen LogP contribution in [0.4, 0.5) is 11.4 Å². The number of rotatable bonds is 4. The molecule has 0 bridgehead atoms. The Morgan fingerprint density at radius 1 is 1.24 bits per heavy atom. The maximum absolute atomic E-state index is 11.3. The second kappa shape index (κ2) is 5.82. The molecule has 4 rings (SSSR count). The van der Waals surface area contributed by atoms with Crippen LogP contribution < -0.4 is 5.32 Å². The first-order valence-corrected chi connectivity index (χ1v) is 7.70. The Balaban J connectivity index is 1.75. The number of nitro benzene ring substituents is 1. The van der Waals surface area contributed by atoms with Gasteiger partial charge in [-0.25, -0.2) is 14.5 Å². The second-order valence-electron chi connectivity index (χ2n) is 5.63. The minimum atomic E-state index is -0.408. The molecule has 0 atom stereocenters. The van der Waals surface area contributed by atoms with Crippen molar-refractivity contribution in [3.05, 3.63) is 70.3 Å². The third-order valence-electron chi connectivity index (χ3n) is 3.97. The van der Waals surface area contributed by atoms with Crippen molar-refractivity contribution < 1.29 is 4.92 Å². The highest BCUT2D eigenvalue weighted by molar-refractivity contribution is 5.96. The van der Waals surface area contributed by atoms with Crippen LogP contribution in [0.1, 0.15) is 11.4 Å². The van der Waals surface area contributed by atoms with Gasteiger partial charge < -0.3 is 5.32 Å². The van der Waals surface area contributed by atoms with E-state index in [4.69, 9.17) is 0 Å². The van der Waals surface area contributed by atoms with Gasteiger partial charge in [0.1, 0.15) is 0 Å². The fourth-order valence-corrected chi connectivity index (χ4v) is 2.86. The molecule has 1 N–H and O–H groups in total. The average molecular weight is 334 g/mol. The van der Waals surface area contributed by atoms with Crippen LogP contribution in [0.15, 0.2) is 48.8 Å². The summed E-state index contributed by atoms with van der Waals surface area (Å²) in [5.74, 6) is 0. The molecule has 8 heteroatoms. The van der Waals surface area contributed by atoms with Gasteiger partial charge in [-0.05, 0) is 19.1 Å². The predicted octanol–water partition coefficient (Wildman–Crippen LogP) is 3.11. The maximum Gasteiger partial charge on any atom is 0.295 e. The van der Waals surface area contributed by atoms with Crippen molar-refractivity contribution >= 4 is 27.9 Å². The molecule has 0 aliphatic rings. The van der Waals surface area contributed by atoms with Gasteiger partial charge in [0.2, 0.25) is 0 Å². The van der Waals surface area contributed by atoms with E-state index in [2.05, 4.69) is 20.4 Å². The number of nitrogens with one attached hydrogen (secondary N) is 1. The van der Waals surface area contributed by atoms with Gasteiger partial charge in [-0.15, -0.1) is 0 Å². The largest absolute Gasteiger partial charge is 0.379 e. The number of aromatic nitrogens is 4. The molecule has 0 spiro atoms. The minimum absolute atomic E-state index is 0.00243. The number of fused-ring (bicyclic) bond motifs is 2. The number of nitro groups is 1. The van der Waals surface area contributed by atoms with Gasteiger partial charge in [0.25, 0.3) is 5.69 Å². The number of anilines is 1. The summed E-state index contributed by atoms with van der Waals surface area (Å²) in [6.45, 7) is 2.32. The molecule has 4 aromatic rings. The van der Waals surface area contributed by atoms with Crippen molar-refractivity contribution in [2.24, 2.45) is 0 Å². The van der Waals surface area contributed by atoms with Crippen LogP contribution in [0.5, 0.6) is 0 Å². The molecule has 0 radical (unpaired) electrons. The Morgan fingerprint density at radius 3 is 2.96 bits per heavy atom. The van der Waals surface area contributed by atoms with Gasteiger partial charge in [0.15, 0.2) is 11.2 Å². The third-order valence-corrected chi connectivity index (χ3v) is 3.97. The molecule has 0 saturated carbocycles. The van der Waals surface area contributed by atoms with Crippen molar-refractivity contribution in [1.82, 2.24) is 19.6 Å². The molecule has 0 saturated heterocycles. The zero-order valence-electron chi connectivity index (χ0n) is 13.4. The Kier molecular flexibility index (Phi) is 3.50. The molecule has 0 aliphatic carbocycles. The Bertz CT molecular complexity index is 1100. The molecule has 124 valence electrons. The highest BCUT2D eigenvalue weighted by Gasteiger charge is 2.15. The third kappa shape index (κ3) is 2.63. The first kappa shape index (κ1) is 15.0. The quantitative estimate of drug-likeness (QED) is 0.455. The summed E-state index contributed by atoms with van der Waals surface area (Å²) < 4.78 is 1.76. The maximum atomic E-state index is 11.3. The number of aryl methyl sites for hydroxylation is 1. The van der Waals surface area contributed by atoms with Crippen LogP contribution in [0, 0.1) is 17.0 Å². The summed E-state index contributed by atoms with van der Waals surface area (Å²) >= 11 is 0. The Morgan fingerprint density at radius 2 is 2.12 bits per heavy atom. The molecule has 3 heterocycles.